The van der Waals surface area contributed by atoms with Gasteiger partial charge in [-0.3, -0.25) is 4.79 Å². The lowest BCUT2D eigenvalue weighted by molar-refractivity contribution is -0.122. The van der Waals surface area contributed by atoms with E-state index in [4.69, 9.17) is 9.26 Å². The molecule has 3 aromatic rings. The Kier molecular flexibility index (Phi) is 4.82. The Hall–Kier alpha value is -3.22. The minimum Gasteiger partial charge on any atom is -0.493 e. The van der Waals surface area contributed by atoms with Crippen molar-refractivity contribution in [1.29, 1.82) is 0 Å². The van der Waals surface area contributed by atoms with Gasteiger partial charge in [0.25, 0.3) is 0 Å². The van der Waals surface area contributed by atoms with Gasteiger partial charge < -0.3 is 14.6 Å². The molecule has 0 bridgehead atoms. The lowest BCUT2D eigenvalue weighted by atomic mass is 10.0. The summed E-state index contributed by atoms with van der Waals surface area (Å²) < 4.78 is 23.8. The Morgan fingerprint density at radius 2 is 2.00 bits per heavy atom. The molecule has 0 fully saturated rings. The summed E-state index contributed by atoms with van der Waals surface area (Å²) in [7, 11) is 0. The van der Waals surface area contributed by atoms with Gasteiger partial charge in [0.2, 0.25) is 17.6 Å². The number of rotatable bonds is 5. The minimum atomic E-state index is -0.325. The van der Waals surface area contributed by atoms with E-state index in [0.717, 1.165) is 17.7 Å². The molecule has 138 valence electrons. The second-order valence-electron chi connectivity index (χ2n) is 6.31. The molecule has 4 rings (SSSR count). The lowest BCUT2D eigenvalue weighted by Crippen LogP contribution is -2.32. The number of halogens is 1. The number of hydrogen-bond donors (Lipinski definition) is 1. The summed E-state index contributed by atoms with van der Waals surface area (Å²) in [5.74, 6) is 1.16. The predicted molar refractivity (Wildman–Crippen MR) is 95.5 cm³/mol. The van der Waals surface area contributed by atoms with Gasteiger partial charge in [-0.15, -0.1) is 0 Å². The summed E-state index contributed by atoms with van der Waals surface area (Å²) in [5.41, 5.74) is 1.66. The molecule has 1 aromatic heterocycles. The molecule has 0 saturated carbocycles. The van der Waals surface area contributed by atoms with Crippen LogP contribution in [0.4, 0.5) is 4.39 Å². The summed E-state index contributed by atoms with van der Waals surface area (Å²) in [6.45, 7) is 0.576. The van der Waals surface area contributed by atoms with Crippen molar-refractivity contribution in [2.75, 3.05) is 6.61 Å². The number of ether oxygens (including phenoxy) is 1. The molecule has 0 radical (unpaired) electrons. The van der Waals surface area contributed by atoms with E-state index in [1.807, 2.05) is 24.3 Å². The molecule has 1 aliphatic heterocycles. The van der Waals surface area contributed by atoms with E-state index in [9.17, 15) is 9.18 Å². The number of benzene rings is 2. The molecule has 1 aliphatic rings. The third kappa shape index (κ3) is 3.97. The highest BCUT2D eigenvalue weighted by Gasteiger charge is 2.22. The third-order valence-corrected chi connectivity index (χ3v) is 4.43. The SMILES string of the molecule is O=C(CCc1nc(-c2ccc(F)cc2)no1)N[C@H]1CCOc2ccccc21. The average Bonchev–Trinajstić information content (AvgIpc) is 3.16. The normalized spacial score (nSPS) is 15.7. The number of carbonyl (C=O) groups is 1. The number of amides is 1. The lowest BCUT2D eigenvalue weighted by Gasteiger charge is -2.26. The standard InChI is InChI=1S/C20H18FN3O3/c21-14-7-5-13(6-8-14)20-23-19(27-24-20)10-9-18(25)22-16-11-12-26-17-4-2-1-3-15(16)17/h1-8,16H,9-12H2,(H,22,25)/t16-/m0/s1. The van der Waals surface area contributed by atoms with Crippen LogP contribution in [0.15, 0.2) is 53.1 Å². The first-order valence-corrected chi connectivity index (χ1v) is 8.78. The second kappa shape index (κ2) is 7.57. The second-order valence-corrected chi connectivity index (χ2v) is 6.31. The molecule has 0 spiro atoms. The number of carbonyl (C=O) groups excluding carboxylic acids is 1. The van der Waals surface area contributed by atoms with Crippen molar-refractivity contribution in [1.82, 2.24) is 15.5 Å². The van der Waals surface area contributed by atoms with E-state index < -0.39 is 0 Å². The van der Waals surface area contributed by atoms with Gasteiger partial charge in [-0.05, 0) is 30.3 Å². The van der Waals surface area contributed by atoms with Crippen LogP contribution in [-0.2, 0) is 11.2 Å². The number of fused-ring (bicyclic) bond motifs is 1. The molecule has 0 saturated heterocycles. The van der Waals surface area contributed by atoms with Crippen LogP contribution in [0, 0.1) is 5.82 Å². The monoisotopic (exact) mass is 367 g/mol. The van der Waals surface area contributed by atoms with Gasteiger partial charge >= 0.3 is 0 Å². The van der Waals surface area contributed by atoms with Crippen molar-refractivity contribution in [2.24, 2.45) is 0 Å². The average molecular weight is 367 g/mol. The Balaban J connectivity index is 1.34. The smallest absolute Gasteiger partial charge is 0.227 e. The van der Waals surface area contributed by atoms with Crippen molar-refractivity contribution in [3.8, 4) is 17.1 Å². The van der Waals surface area contributed by atoms with Crippen LogP contribution in [0.2, 0.25) is 0 Å². The van der Waals surface area contributed by atoms with Gasteiger partial charge in [-0.25, -0.2) is 4.39 Å². The van der Waals surface area contributed by atoms with E-state index in [1.165, 1.54) is 12.1 Å². The summed E-state index contributed by atoms with van der Waals surface area (Å²) >= 11 is 0. The zero-order valence-corrected chi connectivity index (χ0v) is 14.5. The Labute approximate surface area is 155 Å². The van der Waals surface area contributed by atoms with Crippen LogP contribution >= 0.6 is 0 Å². The van der Waals surface area contributed by atoms with Gasteiger partial charge in [0.05, 0.1) is 12.6 Å². The first-order valence-electron chi connectivity index (χ1n) is 8.78. The Bertz CT molecular complexity index is 940. The quantitative estimate of drug-likeness (QED) is 0.747. The fourth-order valence-electron chi connectivity index (χ4n) is 3.05. The summed E-state index contributed by atoms with van der Waals surface area (Å²) in [4.78, 5) is 16.6. The van der Waals surface area contributed by atoms with Crippen molar-refractivity contribution in [3.05, 3.63) is 65.8 Å². The van der Waals surface area contributed by atoms with Gasteiger partial charge in [0, 0.05) is 30.4 Å². The van der Waals surface area contributed by atoms with Crippen molar-refractivity contribution >= 4 is 5.91 Å². The highest BCUT2D eigenvalue weighted by atomic mass is 19.1. The first kappa shape index (κ1) is 17.2. The number of nitrogens with one attached hydrogen (secondary N) is 1. The van der Waals surface area contributed by atoms with Crippen LogP contribution in [0.5, 0.6) is 5.75 Å². The molecule has 1 atom stereocenters. The molecule has 1 amide bonds. The molecule has 27 heavy (non-hydrogen) atoms. The molecule has 2 heterocycles. The Morgan fingerprint density at radius 3 is 2.85 bits per heavy atom. The van der Waals surface area contributed by atoms with E-state index in [0.29, 0.717) is 30.3 Å². The summed E-state index contributed by atoms with van der Waals surface area (Å²) in [6, 6.07) is 13.5. The van der Waals surface area contributed by atoms with Gasteiger partial charge in [-0.1, -0.05) is 23.4 Å². The fourth-order valence-corrected chi connectivity index (χ4v) is 3.05. The predicted octanol–water partition coefficient (Wildman–Crippen LogP) is 3.45. The number of aromatic nitrogens is 2. The first-order chi connectivity index (χ1) is 13.2. The van der Waals surface area contributed by atoms with Crippen LogP contribution in [0.25, 0.3) is 11.4 Å². The zero-order chi connectivity index (χ0) is 18.6. The van der Waals surface area contributed by atoms with Gasteiger partial charge in [-0.2, -0.15) is 4.98 Å². The molecule has 1 N–H and O–H groups in total. The number of aryl methyl sites for hydroxylation is 1. The number of hydrogen-bond acceptors (Lipinski definition) is 5. The van der Waals surface area contributed by atoms with Crippen LogP contribution < -0.4 is 10.1 Å². The molecule has 0 aliphatic carbocycles. The van der Waals surface area contributed by atoms with E-state index in [1.54, 1.807) is 12.1 Å². The van der Waals surface area contributed by atoms with Crippen molar-refractivity contribution < 1.29 is 18.4 Å². The highest BCUT2D eigenvalue weighted by molar-refractivity contribution is 5.76. The third-order valence-electron chi connectivity index (χ3n) is 4.43. The molecular formula is C20H18FN3O3. The molecule has 2 aromatic carbocycles. The van der Waals surface area contributed by atoms with Crippen LogP contribution in [0.3, 0.4) is 0 Å². The van der Waals surface area contributed by atoms with Crippen LogP contribution in [-0.4, -0.2) is 22.7 Å². The summed E-state index contributed by atoms with van der Waals surface area (Å²) in [5, 5.41) is 6.92. The maximum absolute atomic E-state index is 13.0. The van der Waals surface area contributed by atoms with Crippen LogP contribution in [0.1, 0.15) is 30.3 Å². The largest absolute Gasteiger partial charge is 0.493 e. The highest BCUT2D eigenvalue weighted by Crippen LogP contribution is 2.31. The summed E-state index contributed by atoms with van der Waals surface area (Å²) in [6.07, 6.45) is 1.31. The maximum atomic E-state index is 13.0. The van der Waals surface area contributed by atoms with E-state index in [2.05, 4.69) is 15.5 Å². The van der Waals surface area contributed by atoms with Crippen molar-refractivity contribution in [3.63, 3.8) is 0 Å². The molecule has 0 unspecified atom stereocenters. The Morgan fingerprint density at radius 1 is 1.19 bits per heavy atom. The minimum absolute atomic E-state index is 0.0556. The zero-order valence-electron chi connectivity index (χ0n) is 14.5. The number of para-hydroxylation sites is 1. The van der Waals surface area contributed by atoms with E-state index >= 15 is 0 Å². The van der Waals surface area contributed by atoms with Crippen molar-refractivity contribution in [2.45, 2.75) is 25.3 Å². The number of nitrogens with zero attached hydrogens (tertiary/aromatic N) is 2. The topological polar surface area (TPSA) is 77.2 Å². The van der Waals surface area contributed by atoms with E-state index in [-0.39, 0.29) is 24.2 Å². The molecule has 6 nitrogen and oxygen atoms in total. The van der Waals surface area contributed by atoms with Gasteiger partial charge in [0.1, 0.15) is 11.6 Å². The molecular weight excluding hydrogens is 349 g/mol. The molecule has 7 heteroatoms. The van der Waals surface area contributed by atoms with Gasteiger partial charge in [0.15, 0.2) is 0 Å². The fraction of sp³-hybridized carbons (Fsp3) is 0.250. The maximum Gasteiger partial charge on any atom is 0.227 e.